The van der Waals surface area contributed by atoms with Crippen molar-refractivity contribution in [3.05, 3.63) is 74.8 Å². The van der Waals surface area contributed by atoms with Gasteiger partial charge in [-0.2, -0.15) is 5.10 Å². The molecule has 0 radical (unpaired) electrons. The number of nitro benzene ring substituents is 1. The standard InChI is InChI=1S/C18H14ClN5O3S3/c19-14-5-1-13(2-6-14)10-28-17-22-23-18(30-17)29-11-16(25)21-20-9-12-3-7-15(8-4-12)24(26)27/h1-9H,10-11H2,(H,21,25)/b20-9-. The predicted octanol–water partition coefficient (Wildman–Crippen LogP) is 4.63. The van der Waals surface area contributed by atoms with E-state index in [1.165, 1.54) is 41.4 Å². The Labute approximate surface area is 189 Å². The third-order valence-corrected chi connectivity index (χ3v) is 7.01. The van der Waals surface area contributed by atoms with Crippen LogP contribution in [0.1, 0.15) is 11.1 Å². The van der Waals surface area contributed by atoms with Crippen molar-refractivity contribution in [1.82, 2.24) is 15.6 Å². The summed E-state index contributed by atoms with van der Waals surface area (Å²) in [5.41, 5.74) is 4.19. The second kappa shape index (κ2) is 11.1. The Balaban J connectivity index is 1.40. The lowest BCUT2D eigenvalue weighted by Gasteiger charge is -1.98. The topological polar surface area (TPSA) is 110 Å². The maximum atomic E-state index is 11.9. The fourth-order valence-corrected chi connectivity index (χ4v) is 4.95. The molecule has 1 N–H and O–H groups in total. The Hall–Kier alpha value is -2.47. The first-order chi connectivity index (χ1) is 14.5. The van der Waals surface area contributed by atoms with Crippen molar-refractivity contribution in [2.24, 2.45) is 5.10 Å². The van der Waals surface area contributed by atoms with Gasteiger partial charge < -0.3 is 0 Å². The van der Waals surface area contributed by atoms with Gasteiger partial charge in [0.2, 0.25) is 0 Å². The molecule has 0 atom stereocenters. The van der Waals surface area contributed by atoms with Gasteiger partial charge in [0.05, 0.1) is 16.9 Å². The predicted molar refractivity (Wildman–Crippen MR) is 120 cm³/mol. The molecule has 30 heavy (non-hydrogen) atoms. The van der Waals surface area contributed by atoms with Crippen LogP contribution in [0.5, 0.6) is 0 Å². The highest BCUT2D eigenvalue weighted by Crippen LogP contribution is 2.30. The molecule has 1 aromatic heterocycles. The average molecular weight is 480 g/mol. The molecule has 0 unspecified atom stereocenters. The number of non-ortho nitro benzene ring substituents is 1. The molecule has 0 fully saturated rings. The number of hydrogen-bond acceptors (Lipinski definition) is 9. The van der Waals surface area contributed by atoms with Crippen LogP contribution in [0.2, 0.25) is 5.02 Å². The lowest BCUT2D eigenvalue weighted by molar-refractivity contribution is -0.384. The molecule has 0 bridgehead atoms. The Kier molecular flexibility index (Phi) is 8.20. The molecule has 154 valence electrons. The number of rotatable bonds is 9. The van der Waals surface area contributed by atoms with Crippen LogP contribution in [0.25, 0.3) is 0 Å². The van der Waals surface area contributed by atoms with Crippen LogP contribution in [-0.4, -0.2) is 33.0 Å². The fourth-order valence-electron chi connectivity index (χ4n) is 2.06. The maximum absolute atomic E-state index is 11.9. The van der Waals surface area contributed by atoms with Crippen molar-refractivity contribution in [3.8, 4) is 0 Å². The number of hydrazone groups is 1. The quantitative estimate of drug-likeness (QED) is 0.206. The van der Waals surface area contributed by atoms with Crippen molar-refractivity contribution in [2.75, 3.05) is 5.75 Å². The first-order valence-corrected chi connectivity index (χ1v) is 11.6. The Bertz CT molecular complexity index is 1040. The number of halogens is 1. The van der Waals surface area contributed by atoms with Crippen LogP contribution in [0, 0.1) is 10.1 Å². The van der Waals surface area contributed by atoms with E-state index in [1.807, 2.05) is 24.3 Å². The number of carbonyl (C=O) groups excluding carboxylic acids is 1. The van der Waals surface area contributed by atoms with E-state index >= 15 is 0 Å². The smallest absolute Gasteiger partial charge is 0.269 e. The third kappa shape index (κ3) is 7.10. The minimum absolute atomic E-state index is 0.00431. The molecule has 8 nitrogen and oxygen atoms in total. The third-order valence-electron chi connectivity index (χ3n) is 3.50. The van der Waals surface area contributed by atoms with Crippen LogP contribution >= 0.6 is 46.5 Å². The summed E-state index contributed by atoms with van der Waals surface area (Å²) in [6, 6.07) is 13.5. The van der Waals surface area contributed by atoms with E-state index in [2.05, 4.69) is 20.7 Å². The highest BCUT2D eigenvalue weighted by atomic mass is 35.5. The van der Waals surface area contributed by atoms with Gasteiger partial charge in [-0.1, -0.05) is 58.6 Å². The number of carbonyl (C=O) groups is 1. The summed E-state index contributed by atoms with van der Waals surface area (Å²) in [6.45, 7) is 0. The summed E-state index contributed by atoms with van der Waals surface area (Å²) in [4.78, 5) is 22.0. The zero-order chi connectivity index (χ0) is 21.3. The summed E-state index contributed by atoms with van der Waals surface area (Å²) in [7, 11) is 0. The monoisotopic (exact) mass is 479 g/mol. The number of nitro groups is 1. The highest BCUT2D eigenvalue weighted by Gasteiger charge is 2.09. The highest BCUT2D eigenvalue weighted by molar-refractivity contribution is 8.03. The number of amides is 1. The number of thioether (sulfide) groups is 2. The second-order valence-corrected chi connectivity index (χ2v) is 9.54. The van der Waals surface area contributed by atoms with E-state index in [0.717, 1.165) is 15.7 Å². The average Bonchev–Trinajstić information content (AvgIpc) is 3.20. The van der Waals surface area contributed by atoms with Crippen LogP contribution in [0.3, 0.4) is 0 Å². The maximum Gasteiger partial charge on any atom is 0.269 e. The number of nitrogens with one attached hydrogen (secondary N) is 1. The molecular formula is C18H14ClN5O3S3. The van der Waals surface area contributed by atoms with Crippen molar-refractivity contribution >= 4 is 64.3 Å². The zero-order valence-electron chi connectivity index (χ0n) is 15.2. The molecule has 0 spiro atoms. The summed E-state index contributed by atoms with van der Waals surface area (Å²) in [6.07, 6.45) is 1.42. The summed E-state index contributed by atoms with van der Waals surface area (Å²) in [5.74, 6) is 0.617. The molecule has 1 amide bonds. The summed E-state index contributed by atoms with van der Waals surface area (Å²) >= 11 is 10.2. The molecular weight excluding hydrogens is 466 g/mol. The van der Waals surface area contributed by atoms with Crippen LogP contribution < -0.4 is 5.43 Å². The van der Waals surface area contributed by atoms with E-state index < -0.39 is 4.92 Å². The molecule has 0 saturated carbocycles. The van der Waals surface area contributed by atoms with Crippen molar-refractivity contribution in [2.45, 2.75) is 14.4 Å². The lowest BCUT2D eigenvalue weighted by atomic mass is 10.2. The lowest BCUT2D eigenvalue weighted by Crippen LogP contribution is -2.19. The van der Waals surface area contributed by atoms with E-state index in [-0.39, 0.29) is 17.3 Å². The van der Waals surface area contributed by atoms with E-state index in [4.69, 9.17) is 11.6 Å². The first kappa shape index (κ1) is 22.2. The molecule has 0 aliphatic heterocycles. The van der Waals surface area contributed by atoms with Gasteiger partial charge in [-0.15, -0.1) is 10.2 Å². The van der Waals surface area contributed by atoms with Crippen LogP contribution in [0.4, 0.5) is 5.69 Å². The molecule has 3 aromatic rings. The zero-order valence-corrected chi connectivity index (χ0v) is 18.4. The van der Waals surface area contributed by atoms with Gasteiger partial charge in [-0.25, -0.2) is 5.43 Å². The number of aromatic nitrogens is 2. The minimum Gasteiger partial charge on any atom is -0.272 e. The van der Waals surface area contributed by atoms with E-state index in [9.17, 15) is 14.9 Å². The Morgan fingerprint density at radius 3 is 2.47 bits per heavy atom. The molecule has 2 aromatic carbocycles. The summed E-state index contributed by atoms with van der Waals surface area (Å²) < 4.78 is 1.52. The number of nitrogens with zero attached hydrogens (tertiary/aromatic N) is 4. The Morgan fingerprint density at radius 2 is 1.80 bits per heavy atom. The number of benzene rings is 2. The largest absolute Gasteiger partial charge is 0.272 e. The van der Waals surface area contributed by atoms with E-state index in [0.29, 0.717) is 14.9 Å². The molecule has 3 rings (SSSR count). The molecule has 12 heteroatoms. The van der Waals surface area contributed by atoms with Gasteiger partial charge in [0, 0.05) is 22.9 Å². The van der Waals surface area contributed by atoms with Crippen LogP contribution in [-0.2, 0) is 10.5 Å². The van der Waals surface area contributed by atoms with Gasteiger partial charge >= 0.3 is 0 Å². The summed E-state index contributed by atoms with van der Waals surface area (Å²) in [5, 5.41) is 23.4. The van der Waals surface area contributed by atoms with Gasteiger partial charge in [-0.05, 0) is 35.4 Å². The van der Waals surface area contributed by atoms with E-state index in [1.54, 1.807) is 23.9 Å². The molecule has 0 aliphatic rings. The normalized spacial score (nSPS) is 11.0. The van der Waals surface area contributed by atoms with Gasteiger partial charge in [0.1, 0.15) is 0 Å². The van der Waals surface area contributed by atoms with Crippen molar-refractivity contribution in [3.63, 3.8) is 0 Å². The second-order valence-electron chi connectivity index (χ2n) is 5.68. The first-order valence-electron chi connectivity index (χ1n) is 8.39. The van der Waals surface area contributed by atoms with Gasteiger partial charge in [0.25, 0.3) is 11.6 Å². The molecule has 0 aliphatic carbocycles. The van der Waals surface area contributed by atoms with Gasteiger partial charge in [0.15, 0.2) is 8.68 Å². The van der Waals surface area contributed by atoms with Crippen molar-refractivity contribution < 1.29 is 9.72 Å². The molecule has 0 saturated heterocycles. The Morgan fingerprint density at radius 1 is 1.13 bits per heavy atom. The number of hydrogen-bond donors (Lipinski definition) is 1. The fraction of sp³-hybridized carbons (Fsp3) is 0.111. The minimum atomic E-state index is -0.477. The van der Waals surface area contributed by atoms with Crippen LogP contribution in [0.15, 0.2) is 62.3 Å². The molecule has 1 heterocycles. The SMILES string of the molecule is O=C(CSc1nnc(SCc2ccc(Cl)cc2)s1)N/N=C\c1ccc([N+](=O)[O-])cc1. The van der Waals surface area contributed by atoms with Crippen molar-refractivity contribution in [1.29, 1.82) is 0 Å². The van der Waals surface area contributed by atoms with Gasteiger partial charge in [-0.3, -0.25) is 14.9 Å².